The molecule has 7 nitrogen and oxygen atoms in total. The first-order valence-corrected chi connectivity index (χ1v) is 8.81. The Morgan fingerprint density at radius 3 is 2.71 bits per heavy atom. The average molecular weight is 334 g/mol. The van der Waals surface area contributed by atoms with E-state index in [2.05, 4.69) is 4.98 Å². The predicted molar refractivity (Wildman–Crippen MR) is 88.3 cm³/mol. The molecule has 3 heterocycles. The molecule has 132 valence electrons. The Morgan fingerprint density at radius 2 is 2.00 bits per heavy atom. The van der Waals surface area contributed by atoms with Gasteiger partial charge in [0.15, 0.2) is 6.10 Å². The van der Waals surface area contributed by atoms with Crippen molar-refractivity contribution in [2.75, 3.05) is 32.8 Å². The van der Waals surface area contributed by atoms with Crippen LogP contribution in [0.5, 0.6) is 0 Å². The molecule has 0 aromatic carbocycles. The molecule has 2 aliphatic heterocycles. The summed E-state index contributed by atoms with van der Waals surface area (Å²) >= 11 is 0. The molecule has 7 heteroatoms. The zero-order valence-corrected chi connectivity index (χ0v) is 14.3. The van der Waals surface area contributed by atoms with Gasteiger partial charge in [0.25, 0.3) is 5.91 Å². The fourth-order valence-corrected chi connectivity index (χ4v) is 3.36. The number of aromatic nitrogens is 2. The topological polar surface area (TPSA) is 67.7 Å². The van der Waals surface area contributed by atoms with Gasteiger partial charge in [-0.2, -0.15) is 0 Å². The fourth-order valence-electron chi connectivity index (χ4n) is 3.36. The lowest BCUT2D eigenvalue weighted by Gasteiger charge is -2.36. The summed E-state index contributed by atoms with van der Waals surface area (Å²) in [6.45, 7) is 5.53. The minimum absolute atomic E-state index is 0.0395. The highest BCUT2D eigenvalue weighted by atomic mass is 16.5. The maximum atomic E-state index is 12.6. The van der Waals surface area contributed by atoms with Crippen molar-refractivity contribution in [2.24, 2.45) is 0 Å². The first-order valence-electron chi connectivity index (χ1n) is 8.81. The maximum absolute atomic E-state index is 12.6. The summed E-state index contributed by atoms with van der Waals surface area (Å²) in [4.78, 5) is 32.8. The largest absolute Gasteiger partial charge is 0.365 e. The lowest BCUT2D eigenvalue weighted by atomic mass is 10.1. The number of aryl methyl sites for hydroxylation is 2. The van der Waals surface area contributed by atoms with Crippen LogP contribution >= 0.6 is 0 Å². The highest BCUT2D eigenvalue weighted by Gasteiger charge is 2.32. The molecule has 24 heavy (non-hydrogen) atoms. The Hall–Kier alpha value is -1.89. The van der Waals surface area contributed by atoms with Crippen LogP contribution in [0.2, 0.25) is 0 Å². The van der Waals surface area contributed by atoms with Gasteiger partial charge in [0.1, 0.15) is 5.82 Å². The average Bonchev–Trinajstić information content (AvgIpc) is 3.05. The Balaban J connectivity index is 1.51. The monoisotopic (exact) mass is 334 g/mol. The van der Waals surface area contributed by atoms with Crippen LogP contribution in [0.15, 0.2) is 12.4 Å². The van der Waals surface area contributed by atoms with Crippen molar-refractivity contribution in [1.29, 1.82) is 0 Å². The van der Waals surface area contributed by atoms with E-state index in [4.69, 9.17) is 4.74 Å². The zero-order chi connectivity index (χ0) is 16.9. The van der Waals surface area contributed by atoms with Crippen LogP contribution in [0.25, 0.3) is 0 Å². The molecule has 3 rings (SSSR count). The summed E-state index contributed by atoms with van der Waals surface area (Å²) in [6, 6.07) is 0. The molecule has 0 radical (unpaired) electrons. The van der Waals surface area contributed by atoms with Crippen molar-refractivity contribution in [3.63, 3.8) is 0 Å². The molecule has 2 aliphatic rings. The van der Waals surface area contributed by atoms with Crippen molar-refractivity contribution in [3.05, 3.63) is 18.2 Å². The minimum Gasteiger partial charge on any atom is -0.365 e. The van der Waals surface area contributed by atoms with Crippen molar-refractivity contribution in [3.8, 4) is 0 Å². The van der Waals surface area contributed by atoms with Crippen LogP contribution in [0.4, 0.5) is 0 Å². The molecule has 1 unspecified atom stereocenters. The molecule has 2 fully saturated rings. The third-order valence-corrected chi connectivity index (χ3v) is 4.85. The molecule has 2 amide bonds. The number of hydrogen-bond acceptors (Lipinski definition) is 4. The second-order valence-corrected chi connectivity index (χ2v) is 6.50. The number of imidazole rings is 1. The first kappa shape index (κ1) is 17.0. The Labute approximate surface area is 142 Å². The predicted octanol–water partition coefficient (Wildman–Crippen LogP) is 0.822. The number of carbonyl (C=O) groups excluding carboxylic acids is 2. The second kappa shape index (κ2) is 7.79. The van der Waals surface area contributed by atoms with Gasteiger partial charge in [-0.25, -0.2) is 4.98 Å². The number of ether oxygens (including phenoxy) is 1. The highest BCUT2D eigenvalue weighted by Crippen LogP contribution is 2.15. The van der Waals surface area contributed by atoms with Gasteiger partial charge < -0.3 is 19.1 Å². The summed E-state index contributed by atoms with van der Waals surface area (Å²) in [5, 5.41) is 0. The van der Waals surface area contributed by atoms with E-state index < -0.39 is 6.10 Å². The number of likely N-dealkylation sites (tertiary alicyclic amines) is 1. The highest BCUT2D eigenvalue weighted by molar-refractivity contribution is 5.83. The van der Waals surface area contributed by atoms with Gasteiger partial charge in [-0.3, -0.25) is 9.59 Å². The zero-order valence-electron chi connectivity index (χ0n) is 14.3. The van der Waals surface area contributed by atoms with E-state index in [1.54, 1.807) is 11.1 Å². The van der Waals surface area contributed by atoms with E-state index >= 15 is 0 Å². The molecule has 0 aliphatic carbocycles. The summed E-state index contributed by atoms with van der Waals surface area (Å²) in [7, 11) is 0. The molecule has 2 saturated heterocycles. The van der Waals surface area contributed by atoms with Gasteiger partial charge in [-0.1, -0.05) is 0 Å². The van der Waals surface area contributed by atoms with Gasteiger partial charge >= 0.3 is 0 Å². The van der Waals surface area contributed by atoms with Crippen LogP contribution in [-0.4, -0.2) is 70.1 Å². The standard InChI is InChI=1S/C17H26N4O3/c1-14-18-6-10-19(14)9-5-16(22)21-11-12-24-15(13-21)17(23)20-7-3-2-4-8-20/h6,10,15H,2-5,7-9,11-13H2,1H3. The number of amides is 2. The van der Waals surface area contributed by atoms with Crippen molar-refractivity contribution >= 4 is 11.8 Å². The molecule has 1 aromatic rings. The van der Waals surface area contributed by atoms with Gasteiger partial charge in [-0.05, 0) is 26.2 Å². The van der Waals surface area contributed by atoms with Crippen LogP contribution < -0.4 is 0 Å². The summed E-state index contributed by atoms with van der Waals surface area (Å²) in [5.74, 6) is 1.02. The number of morpholine rings is 1. The summed E-state index contributed by atoms with van der Waals surface area (Å²) in [6.07, 6.45) is 6.84. The maximum Gasteiger partial charge on any atom is 0.253 e. The van der Waals surface area contributed by atoms with E-state index in [1.807, 2.05) is 22.6 Å². The van der Waals surface area contributed by atoms with Crippen LogP contribution in [-0.2, 0) is 20.9 Å². The molecule has 0 saturated carbocycles. The minimum atomic E-state index is -0.504. The number of hydrogen-bond donors (Lipinski definition) is 0. The Kier molecular flexibility index (Phi) is 5.50. The van der Waals surface area contributed by atoms with Gasteiger partial charge in [0, 0.05) is 45.0 Å². The molecule has 1 atom stereocenters. The number of nitrogens with zero attached hydrogens (tertiary/aromatic N) is 4. The third-order valence-electron chi connectivity index (χ3n) is 4.85. The van der Waals surface area contributed by atoms with Gasteiger partial charge in [0.05, 0.1) is 13.2 Å². The van der Waals surface area contributed by atoms with Gasteiger partial charge in [0.2, 0.25) is 5.91 Å². The lowest BCUT2D eigenvalue weighted by Crippen LogP contribution is -2.53. The Bertz CT molecular complexity index is 580. The molecule has 0 spiro atoms. The third kappa shape index (κ3) is 3.95. The SMILES string of the molecule is Cc1nccn1CCC(=O)N1CCOC(C(=O)N2CCCCC2)C1. The first-order chi connectivity index (χ1) is 11.6. The van der Waals surface area contributed by atoms with Crippen molar-refractivity contribution in [1.82, 2.24) is 19.4 Å². The van der Waals surface area contributed by atoms with Crippen LogP contribution in [0.3, 0.4) is 0 Å². The van der Waals surface area contributed by atoms with E-state index in [0.717, 1.165) is 31.8 Å². The van der Waals surface area contributed by atoms with Gasteiger partial charge in [-0.15, -0.1) is 0 Å². The molecule has 0 bridgehead atoms. The number of rotatable bonds is 4. The smallest absolute Gasteiger partial charge is 0.253 e. The molecular weight excluding hydrogens is 308 g/mol. The van der Waals surface area contributed by atoms with E-state index in [1.165, 1.54) is 6.42 Å². The quantitative estimate of drug-likeness (QED) is 0.818. The van der Waals surface area contributed by atoms with Crippen molar-refractivity contribution < 1.29 is 14.3 Å². The van der Waals surface area contributed by atoms with E-state index in [9.17, 15) is 9.59 Å². The molecular formula is C17H26N4O3. The van der Waals surface area contributed by atoms with E-state index in [0.29, 0.717) is 32.7 Å². The second-order valence-electron chi connectivity index (χ2n) is 6.50. The fraction of sp³-hybridized carbons (Fsp3) is 0.706. The Morgan fingerprint density at radius 1 is 1.21 bits per heavy atom. The summed E-state index contributed by atoms with van der Waals surface area (Å²) < 4.78 is 7.61. The molecule has 1 aromatic heterocycles. The molecule has 0 N–H and O–H groups in total. The van der Waals surface area contributed by atoms with Crippen molar-refractivity contribution in [2.45, 2.75) is 45.3 Å². The van der Waals surface area contributed by atoms with Crippen LogP contribution in [0.1, 0.15) is 31.5 Å². The van der Waals surface area contributed by atoms with E-state index in [-0.39, 0.29) is 11.8 Å². The van der Waals surface area contributed by atoms with Crippen LogP contribution in [0, 0.1) is 6.92 Å². The number of piperidine rings is 1. The summed E-state index contributed by atoms with van der Waals surface area (Å²) in [5.41, 5.74) is 0. The lowest BCUT2D eigenvalue weighted by molar-refractivity contribution is -0.155. The normalized spacial score (nSPS) is 21.8. The number of carbonyl (C=O) groups is 2.